The second kappa shape index (κ2) is 7.77. The summed E-state index contributed by atoms with van der Waals surface area (Å²) in [7, 11) is 1.95. The van der Waals surface area contributed by atoms with Crippen LogP contribution in [0.25, 0.3) is 0 Å². The summed E-state index contributed by atoms with van der Waals surface area (Å²) in [6.45, 7) is 8.54. The van der Waals surface area contributed by atoms with Gasteiger partial charge < -0.3 is 10.1 Å². The van der Waals surface area contributed by atoms with E-state index in [1.54, 1.807) is 0 Å². The first-order valence-corrected chi connectivity index (χ1v) is 7.03. The maximum Gasteiger partial charge on any atom is 0.0850 e. The van der Waals surface area contributed by atoms with Crippen LogP contribution in [-0.4, -0.2) is 35.6 Å². The third kappa shape index (κ3) is 3.97. The van der Waals surface area contributed by atoms with E-state index >= 15 is 0 Å². The van der Waals surface area contributed by atoms with Gasteiger partial charge in [-0.1, -0.05) is 25.4 Å². The maximum absolute atomic E-state index is 6.36. The number of aromatic nitrogens is 2. The van der Waals surface area contributed by atoms with E-state index in [4.69, 9.17) is 16.3 Å². The summed E-state index contributed by atoms with van der Waals surface area (Å²) in [5.41, 5.74) is 2.06. The Labute approximate surface area is 115 Å². The summed E-state index contributed by atoms with van der Waals surface area (Å²) in [6, 6.07) is 0.285. The van der Waals surface area contributed by atoms with Crippen molar-refractivity contribution in [3.63, 3.8) is 0 Å². The SMILES string of the molecule is CCNC(COCC)Cc1c(Cl)c(CC)nn1C. The number of nitrogens with zero attached hydrogens (tertiary/aromatic N) is 2. The Morgan fingerprint density at radius 1 is 1.39 bits per heavy atom. The van der Waals surface area contributed by atoms with Gasteiger partial charge in [0, 0.05) is 26.1 Å². The number of nitrogens with one attached hydrogen (secondary N) is 1. The lowest BCUT2D eigenvalue weighted by molar-refractivity contribution is 0.122. The minimum Gasteiger partial charge on any atom is -0.380 e. The first-order valence-electron chi connectivity index (χ1n) is 6.65. The molecule has 1 atom stereocenters. The molecule has 4 nitrogen and oxygen atoms in total. The van der Waals surface area contributed by atoms with Crippen molar-refractivity contribution in [2.75, 3.05) is 19.8 Å². The Morgan fingerprint density at radius 3 is 2.61 bits per heavy atom. The number of hydrogen-bond acceptors (Lipinski definition) is 3. The molecule has 1 rings (SSSR count). The van der Waals surface area contributed by atoms with E-state index in [1.807, 2.05) is 18.7 Å². The van der Waals surface area contributed by atoms with Gasteiger partial charge in [0.1, 0.15) is 0 Å². The monoisotopic (exact) mass is 273 g/mol. The molecule has 1 heterocycles. The van der Waals surface area contributed by atoms with Gasteiger partial charge in [-0.05, 0) is 19.9 Å². The van der Waals surface area contributed by atoms with Crippen LogP contribution in [0.4, 0.5) is 0 Å². The van der Waals surface area contributed by atoms with Crippen LogP contribution in [-0.2, 0) is 24.6 Å². The molecule has 0 saturated heterocycles. The molecule has 0 saturated carbocycles. The van der Waals surface area contributed by atoms with Crippen LogP contribution < -0.4 is 5.32 Å². The van der Waals surface area contributed by atoms with Crippen LogP contribution in [0, 0.1) is 0 Å². The van der Waals surface area contributed by atoms with E-state index in [1.165, 1.54) is 0 Å². The molecule has 5 heteroatoms. The van der Waals surface area contributed by atoms with Crippen molar-refractivity contribution in [2.45, 2.75) is 39.7 Å². The van der Waals surface area contributed by atoms with Gasteiger partial charge in [-0.15, -0.1) is 0 Å². The third-order valence-corrected chi connectivity index (χ3v) is 3.39. The fraction of sp³-hybridized carbons (Fsp3) is 0.769. The number of rotatable bonds is 8. The zero-order valence-corrected chi connectivity index (χ0v) is 12.5. The average Bonchev–Trinajstić information content (AvgIpc) is 2.63. The van der Waals surface area contributed by atoms with Gasteiger partial charge >= 0.3 is 0 Å². The second-order valence-electron chi connectivity index (χ2n) is 4.30. The first kappa shape index (κ1) is 15.5. The summed E-state index contributed by atoms with van der Waals surface area (Å²) in [5, 5.41) is 8.67. The summed E-state index contributed by atoms with van der Waals surface area (Å²) in [4.78, 5) is 0. The minimum absolute atomic E-state index is 0.285. The zero-order valence-electron chi connectivity index (χ0n) is 11.8. The highest BCUT2D eigenvalue weighted by Gasteiger charge is 2.17. The van der Waals surface area contributed by atoms with Crippen molar-refractivity contribution in [3.8, 4) is 0 Å². The number of halogens is 1. The summed E-state index contributed by atoms with van der Waals surface area (Å²) < 4.78 is 7.38. The van der Waals surface area contributed by atoms with Gasteiger partial charge in [0.2, 0.25) is 0 Å². The molecule has 1 aromatic rings. The lowest BCUT2D eigenvalue weighted by Gasteiger charge is -2.17. The molecule has 1 aromatic heterocycles. The summed E-state index contributed by atoms with van der Waals surface area (Å²) >= 11 is 6.36. The van der Waals surface area contributed by atoms with Gasteiger partial charge in [-0.2, -0.15) is 5.10 Å². The molecule has 1 unspecified atom stereocenters. The van der Waals surface area contributed by atoms with E-state index < -0.39 is 0 Å². The van der Waals surface area contributed by atoms with Crippen molar-refractivity contribution >= 4 is 11.6 Å². The lowest BCUT2D eigenvalue weighted by atomic mass is 10.1. The largest absolute Gasteiger partial charge is 0.380 e. The first-order chi connectivity index (χ1) is 8.63. The number of aryl methyl sites for hydroxylation is 2. The lowest BCUT2D eigenvalue weighted by Crippen LogP contribution is -2.36. The topological polar surface area (TPSA) is 39.1 Å². The highest BCUT2D eigenvalue weighted by molar-refractivity contribution is 6.31. The van der Waals surface area contributed by atoms with Crippen LogP contribution in [0.15, 0.2) is 0 Å². The van der Waals surface area contributed by atoms with Gasteiger partial charge in [0.05, 0.1) is 23.0 Å². The molecule has 0 aliphatic rings. The van der Waals surface area contributed by atoms with Crippen LogP contribution in [0.1, 0.15) is 32.2 Å². The fourth-order valence-corrected chi connectivity index (χ4v) is 2.38. The highest BCUT2D eigenvalue weighted by atomic mass is 35.5. The predicted molar refractivity (Wildman–Crippen MR) is 75.3 cm³/mol. The normalized spacial score (nSPS) is 12.9. The Kier molecular flexibility index (Phi) is 6.68. The Morgan fingerprint density at radius 2 is 2.11 bits per heavy atom. The van der Waals surface area contributed by atoms with E-state index in [0.29, 0.717) is 6.61 Å². The van der Waals surface area contributed by atoms with E-state index in [9.17, 15) is 0 Å². The Hall–Kier alpha value is -0.580. The quantitative estimate of drug-likeness (QED) is 0.789. The van der Waals surface area contributed by atoms with E-state index in [-0.39, 0.29) is 6.04 Å². The highest BCUT2D eigenvalue weighted by Crippen LogP contribution is 2.22. The van der Waals surface area contributed by atoms with Gasteiger partial charge in [0.15, 0.2) is 0 Å². The second-order valence-corrected chi connectivity index (χ2v) is 4.68. The molecule has 18 heavy (non-hydrogen) atoms. The van der Waals surface area contributed by atoms with Gasteiger partial charge in [-0.3, -0.25) is 4.68 Å². The third-order valence-electron chi connectivity index (χ3n) is 2.96. The van der Waals surface area contributed by atoms with Crippen molar-refractivity contribution in [3.05, 3.63) is 16.4 Å². The van der Waals surface area contributed by atoms with Crippen molar-refractivity contribution in [2.24, 2.45) is 7.05 Å². The minimum atomic E-state index is 0.285. The molecular formula is C13H24ClN3O. The van der Waals surface area contributed by atoms with Crippen LogP contribution in [0.2, 0.25) is 5.02 Å². The fourth-order valence-electron chi connectivity index (χ4n) is 2.01. The van der Waals surface area contributed by atoms with Crippen molar-refractivity contribution in [1.29, 1.82) is 0 Å². The van der Waals surface area contributed by atoms with E-state index in [2.05, 4.69) is 24.3 Å². The van der Waals surface area contributed by atoms with Crippen LogP contribution in [0.3, 0.4) is 0 Å². The molecule has 0 radical (unpaired) electrons. The Balaban J connectivity index is 2.76. The van der Waals surface area contributed by atoms with Crippen LogP contribution >= 0.6 is 11.6 Å². The number of ether oxygens (including phenoxy) is 1. The van der Waals surface area contributed by atoms with E-state index in [0.717, 1.165) is 42.4 Å². The standard InChI is InChI=1S/C13H24ClN3O/c1-5-11-13(14)12(17(4)16-11)8-10(15-6-2)9-18-7-3/h10,15H,5-9H2,1-4H3. The van der Waals surface area contributed by atoms with Gasteiger partial charge in [-0.25, -0.2) is 0 Å². The Bertz CT molecular complexity index is 365. The zero-order chi connectivity index (χ0) is 13.5. The van der Waals surface area contributed by atoms with Crippen molar-refractivity contribution in [1.82, 2.24) is 15.1 Å². The molecular weight excluding hydrogens is 250 g/mol. The summed E-state index contributed by atoms with van der Waals surface area (Å²) in [6.07, 6.45) is 1.71. The van der Waals surface area contributed by atoms with Gasteiger partial charge in [0.25, 0.3) is 0 Å². The number of likely N-dealkylation sites (N-methyl/N-ethyl adjacent to an activating group) is 1. The molecule has 0 spiro atoms. The van der Waals surface area contributed by atoms with Crippen LogP contribution in [0.5, 0.6) is 0 Å². The predicted octanol–water partition coefficient (Wildman–Crippen LogP) is 2.19. The number of hydrogen-bond donors (Lipinski definition) is 1. The molecule has 0 bridgehead atoms. The smallest absolute Gasteiger partial charge is 0.0850 e. The molecule has 0 aromatic carbocycles. The maximum atomic E-state index is 6.36. The summed E-state index contributed by atoms with van der Waals surface area (Å²) in [5.74, 6) is 0. The molecule has 0 amide bonds. The molecule has 0 aliphatic heterocycles. The average molecular weight is 274 g/mol. The molecule has 0 fully saturated rings. The molecule has 1 N–H and O–H groups in total. The molecule has 0 aliphatic carbocycles. The molecule has 104 valence electrons. The van der Waals surface area contributed by atoms with Crippen molar-refractivity contribution < 1.29 is 4.74 Å².